The average molecular weight is 378 g/mol. The van der Waals surface area contributed by atoms with Gasteiger partial charge in [0.25, 0.3) is 0 Å². The first-order chi connectivity index (χ1) is 12.8. The second-order valence-corrected chi connectivity index (χ2v) is 8.54. The van der Waals surface area contributed by atoms with Gasteiger partial charge >= 0.3 is 0 Å². The Morgan fingerprint density at radius 3 is 2.26 bits per heavy atom. The maximum absolute atomic E-state index is 9.99. The smallest absolute Gasteiger partial charge is 0.227 e. The summed E-state index contributed by atoms with van der Waals surface area (Å²) in [5.74, 6) is 2.46. The first-order valence-electron chi connectivity index (χ1n) is 10.0. The fraction of sp³-hybridized carbons (Fsp3) is 0.800. The van der Waals surface area contributed by atoms with Crippen molar-refractivity contribution in [2.45, 2.75) is 39.9 Å². The van der Waals surface area contributed by atoms with E-state index in [0.29, 0.717) is 5.92 Å². The number of aliphatic hydroxyl groups excluding tert-OH is 1. The van der Waals surface area contributed by atoms with Gasteiger partial charge < -0.3 is 19.6 Å². The van der Waals surface area contributed by atoms with Crippen molar-refractivity contribution in [3.8, 4) is 0 Å². The van der Waals surface area contributed by atoms with Crippen molar-refractivity contribution >= 4 is 11.8 Å². The molecular weight excluding hydrogens is 342 g/mol. The van der Waals surface area contributed by atoms with E-state index in [0.717, 1.165) is 55.7 Å². The van der Waals surface area contributed by atoms with E-state index < -0.39 is 0 Å². The summed E-state index contributed by atoms with van der Waals surface area (Å²) in [6.45, 7) is 13.4. The summed E-state index contributed by atoms with van der Waals surface area (Å²) in [4.78, 5) is 16.2. The topological polar surface area (TPSA) is 65.0 Å². The van der Waals surface area contributed by atoms with Crippen LogP contribution in [-0.4, -0.2) is 85.6 Å². The van der Waals surface area contributed by atoms with Gasteiger partial charge in [0.2, 0.25) is 5.95 Å². The van der Waals surface area contributed by atoms with Crippen molar-refractivity contribution in [1.82, 2.24) is 14.9 Å². The Morgan fingerprint density at radius 2 is 1.67 bits per heavy atom. The van der Waals surface area contributed by atoms with E-state index in [4.69, 9.17) is 9.72 Å². The van der Waals surface area contributed by atoms with Gasteiger partial charge in [0.05, 0.1) is 12.2 Å². The molecular formula is C20H35N5O2. The fourth-order valence-corrected chi connectivity index (χ4v) is 4.40. The molecule has 2 aliphatic heterocycles. The molecule has 2 saturated heterocycles. The van der Waals surface area contributed by atoms with Crippen molar-refractivity contribution in [1.29, 1.82) is 0 Å². The highest BCUT2D eigenvalue weighted by Crippen LogP contribution is 2.31. The van der Waals surface area contributed by atoms with Crippen molar-refractivity contribution in [3.05, 3.63) is 11.3 Å². The van der Waals surface area contributed by atoms with Gasteiger partial charge in [0.1, 0.15) is 5.82 Å². The van der Waals surface area contributed by atoms with Crippen LogP contribution in [-0.2, 0) is 4.74 Å². The lowest BCUT2D eigenvalue weighted by Gasteiger charge is -2.37. The third-order valence-corrected chi connectivity index (χ3v) is 5.85. The number of aryl methyl sites for hydroxylation is 1. The van der Waals surface area contributed by atoms with Crippen LogP contribution in [0.3, 0.4) is 0 Å². The van der Waals surface area contributed by atoms with Crippen LogP contribution >= 0.6 is 0 Å². The molecule has 4 unspecified atom stereocenters. The lowest BCUT2D eigenvalue weighted by Crippen LogP contribution is -2.48. The molecule has 7 heteroatoms. The Kier molecular flexibility index (Phi) is 6.23. The van der Waals surface area contributed by atoms with Crippen molar-refractivity contribution in [2.24, 2.45) is 11.8 Å². The highest BCUT2D eigenvalue weighted by Gasteiger charge is 2.36. The van der Waals surface area contributed by atoms with E-state index in [2.05, 4.69) is 35.6 Å². The van der Waals surface area contributed by atoms with Crippen LogP contribution in [0.2, 0.25) is 0 Å². The normalized spacial score (nSPS) is 29.4. The second-order valence-electron chi connectivity index (χ2n) is 8.54. The van der Waals surface area contributed by atoms with Crippen LogP contribution in [0, 0.1) is 25.7 Å². The number of anilines is 2. The summed E-state index contributed by atoms with van der Waals surface area (Å²) in [5, 5.41) is 9.99. The van der Waals surface area contributed by atoms with Crippen LogP contribution in [0.5, 0.6) is 0 Å². The summed E-state index contributed by atoms with van der Waals surface area (Å²) >= 11 is 0. The predicted octanol–water partition coefficient (Wildman–Crippen LogP) is 1.31. The van der Waals surface area contributed by atoms with Gasteiger partial charge in [0, 0.05) is 70.6 Å². The van der Waals surface area contributed by atoms with Crippen molar-refractivity contribution in [2.75, 3.05) is 63.2 Å². The van der Waals surface area contributed by atoms with Gasteiger partial charge in [-0.1, -0.05) is 0 Å². The van der Waals surface area contributed by atoms with Gasteiger partial charge in [-0.05, 0) is 33.6 Å². The maximum Gasteiger partial charge on any atom is 0.227 e. The number of ether oxygens (including phenoxy) is 1. The summed E-state index contributed by atoms with van der Waals surface area (Å²) in [5.41, 5.74) is 2.15. The lowest BCUT2D eigenvalue weighted by atomic mass is 9.96. The molecule has 2 aliphatic rings. The molecule has 3 rings (SSSR count). The second kappa shape index (κ2) is 8.29. The standard InChI is InChI=1S/C20H35N5O2/c1-13-7-24(8-14(2)27-13)9-17-10-25(11-18(17)12-26)19-15(3)16(4)21-20(22-19)23(5)6/h13-14,17-18,26H,7-12H2,1-6H3. The van der Waals surface area contributed by atoms with Crippen molar-refractivity contribution < 1.29 is 9.84 Å². The first-order valence-corrected chi connectivity index (χ1v) is 10.0. The van der Waals surface area contributed by atoms with E-state index in [1.54, 1.807) is 0 Å². The number of hydrogen-bond donors (Lipinski definition) is 1. The molecule has 3 heterocycles. The Balaban J connectivity index is 1.76. The van der Waals surface area contributed by atoms with Crippen LogP contribution in [0.1, 0.15) is 25.1 Å². The zero-order chi connectivity index (χ0) is 19.7. The van der Waals surface area contributed by atoms with Gasteiger partial charge in [-0.2, -0.15) is 4.98 Å². The molecule has 1 N–H and O–H groups in total. The van der Waals surface area contributed by atoms with E-state index in [1.165, 1.54) is 0 Å². The molecule has 0 radical (unpaired) electrons. The Hall–Kier alpha value is -1.44. The largest absolute Gasteiger partial charge is 0.396 e. The summed E-state index contributed by atoms with van der Waals surface area (Å²) in [7, 11) is 3.94. The molecule has 0 aliphatic carbocycles. The van der Waals surface area contributed by atoms with Crippen LogP contribution in [0.15, 0.2) is 0 Å². The van der Waals surface area contributed by atoms with E-state index in [1.807, 2.05) is 25.9 Å². The summed E-state index contributed by atoms with van der Waals surface area (Å²) in [6, 6.07) is 0. The number of morpholine rings is 1. The first kappa shape index (κ1) is 20.3. The van der Waals surface area contributed by atoms with Crippen molar-refractivity contribution in [3.63, 3.8) is 0 Å². The highest BCUT2D eigenvalue weighted by atomic mass is 16.5. The molecule has 0 saturated carbocycles. The molecule has 7 nitrogen and oxygen atoms in total. The number of nitrogens with zero attached hydrogens (tertiary/aromatic N) is 5. The number of aliphatic hydroxyl groups is 1. The van der Waals surface area contributed by atoms with Crippen LogP contribution < -0.4 is 9.80 Å². The Labute approximate surface area is 163 Å². The molecule has 27 heavy (non-hydrogen) atoms. The van der Waals surface area contributed by atoms with Crippen LogP contribution in [0.25, 0.3) is 0 Å². The van der Waals surface area contributed by atoms with Gasteiger partial charge in [-0.3, -0.25) is 4.90 Å². The Morgan fingerprint density at radius 1 is 1.04 bits per heavy atom. The number of rotatable bonds is 5. The molecule has 152 valence electrons. The van der Waals surface area contributed by atoms with E-state index in [-0.39, 0.29) is 24.7 Å². The number of hydrogen-bond acceptors (Lipinski definition) is 7. The molecule has 1 aromatic heterocycles. The van der Waals surface area contributed by atoms with E-state index in [9.17, 15) is 5.11 Å². The summed E-state index contributed by atoms with van der Waals surface area (Å²) < 4.78 is 5.87. The zero-order valence-electron chi connectivity index (χ0n) is 17.6. The molecule has 4 atom stereocenters. The quantitative estimate of drug-likeness (QED) is 0.830. The van der Waals surface area contributed by atoms with Gasteiger partial charge in [0.15, 0.2) is 0 Å². The predicted molar refractivity (Wildman–Crippen MR) is 109 cm³/mol. The Bertz CT molecular complexity index is 644. The van der Waals surface area contributed by atoms with E-state index >= 15 is 0 Å². The SMILES string of the molecule is Cc1nc(N(C)C)nc(N2CC(CO)C(CN3CC(C)OC(C)C3)C2)c1C. The fourth-order valence-electron chi connectivity index (χ4n) is 4.40. The summed E-state index contributed by atoms with van der Waals surface area (Å²) in [6.07, 6.45) is 0.543. The third kappa shape index (κ3) is 4.52. The zero-order valence-corrected chi connectivity index (χ0v) is 17.6. The monoisotopic (exact) mass is 377 g/mol. The highest BCUT2D eigenvalue weighted by molar-refractivity contribution is 5.53. The minimum Gasteiger partial charge on any atom is -0.396 e. The number of aromatic nitrogens is 2. The average Bonchev–Trinajstić information content (AvgIpc) is 2.98. The molecule has 0 bridgehead atoms. The van der Waals surface area contributed by atoms with Gasteiger partial charge in [-0.15, -0.1) is 0 Å². The lowest BCUT2D eigenvalue weighted by molar-refractivity contribution is -0.0725. The molecule has 0 spiro atoms. The molecule has 2 fully saturated rings. The maximum atomic E-state index is 9.99. The third-order valence-electron chi connectivity index (χ3n) is 5.85. The molecule has 0 amide bonds. The van der Waals surface area contributed by atoms with Gasteiger partial charge in [-0.25, -0.2) is 4.98 Å². The molecule has 0 aromatic carbocycles. The molecule has 1 aromatic rings. The minimum atomic E-state index is 0.222. The van der Waals surface area contributed by atoms with Crippen LogP contribution in [0.4, 0.5) is 11.8 Å². The minimum absolute atomic E-state index is 0.222.